The maximum Gasteiger partial charge on any atom is 0.342 e. The topological polar surface area (TPSA) is 116 Å². The van der Waals surface area contributed by atoms with E-state index in [1.807, 2.05) is 6.92 Å². The Kier molecular flexibility index (Phi) is 5.77. The number of halogens is 1. The molecule has 1 aromatic carbocycles. The molecule has 0 saturated heterocycles. The minimum atomic E-state index is -2.19. The molecular formula is C28H34ClNO6. The van der Waals surface area contributed by atoms with Crippen molar-refractivity contribution in [3.63, 3.8) is 0 Å². The SMILES string of the molecule is CNc1cccc(Cl)c1C(=O)O[C@H]1C(C)=C[C@]23C(=O)[C@@H](C=C(CO)[C@@H](O)[C@]12O)[C@H]1[C@@H](C[C@H]3C)C1(C)C. The Labute approximate surface area is 216 Å². The first-order valence-electron chi connectivity index (χ1n) is 12.5. The number of allylic oxidation sites excluding steroid dienone is 1. The van der Waals surface area contributed by atoms with Crippen molar-refractivity contribution in [2.24, 2.45) is 34.5 Å². The summed E-state index contributed by atoms with van der Waals surface area (Å²) < 4.78 is 5.92. The molecule has 7 nitrogen and oxygen atoms in total. The number of anilines is 1. The fraction of sp³-hybridized carbons (Fsp3) is 0.571. The average molecular weight is 516 g/mol. The van der Waals surface area contributed by atoms with Gasteiger partial charge in [0, 0.05) is 18.7 Å². The molecule has 0 aromatic heterocycles. The summed E-state index contributed by atoms with van der Waals surface area (Å²) in [6, 6.07) is 4.94. The number of rotatable bonds is 4. The molecule has 0 heterocycles. The Hall–Kier alpha value is -2.19. The van der Waals surface area contributed by atoms with Crippen LogP contribution >= 0.6 is 11.6 Å². The number of nitrogens with one attached hydrogen (secondary N) is 1. The third kappa shape index (κ3) is 3.03. The zero-order valence-electron chi connectivity index (χ0n) is 21.2. The number of esters is 1. The zero-order chi connectivity index (χ0) is 26.4. The van der Waals surface area contributed by atoms with Gasteiger partial charge in [-0.15, -0.1) is 0 Å². The van der Waals surface area contributed by atoms with E-state index in [1.165, 1.54) is 0 Å². The van der Waals surface area contributed by atoms with E-state index in [0.29, 0.717) is 17.7 Å². The van der Waals surface area contributed by atoms with E-state index in [1.54, 1.807) is 44.3 Å². The molecule has 0 amide bonds. The van der Waals surface area contributed by atoms with Gasteiger partial charge in [-0.25, -0.2) is 4.79 Å². The quantitative estimate of drug-likeness (QED) is 0.359. The second kappa shape index (κ2) is 8.15. The van der Waals surface area contributed by atoms with Crippen molar-refractivity contribution in [3.8, 4) is 0 Å². The number of Topliss-reactive ketones (excluding diaryl/α,β-unsaturated/α-hetero) is 1. The molecule has 2 saturated carbocycles. The third-order valence-corrected chi connectivity index (χ3v) is 9.92. The van der Waals surface area contributed by atoms with Crippen LogP contribution in [0.4, 0.5) is 5.69 Å². The molecule has 0 aliphatic heterocycles. The molecule has 194 valence electrons. The van der Waals surface area contributed by atoms with Crippen molar-refractivity contribution in [2.75, 3.05) is 19.0 Å². The fourth-order valence-corrected chi connectivity index (χ4v) is 7.95. The Bertz CT molecular complexity index is 1210. The van der Waals surface area contributed by atoms with Gasteiger partial charge in [-0.05, 0) is 59.8 Å². The van der Waals surface area contributed by atoms with E-state index >= 15 is 0 Å². The van der Waals surface area contributed by atoms with Crippen LogP contribution in [0.1, 0.15) is 44.5 Å². The van der Waals surface area contributed by atoms with Gasteiger partial charge in [0.15, 0.2) is 17.5 Å². The Balaban J connectivity index is 1.64. The zero-order valence-corrected chi connectivity index (χ0v) is 22.0. The summed E-state index contributed by atoms with van der Waals surface area (Å²) in [4.78, 5) is 27.8. The normalized spacial score (nSPS) is 40.2. The van der Waals surface area contributed by atoms with Crippen molar-refractivity contribution in [1.29, 1.82) is 0 Å². The first-order valence-corrected chi connectivity index (χ1v) is 12.9. The molecule has 1 aromatic rings. The maximum absolute atomic E-state index is 14.4. The molecule has 4 aliphatic carbocycles. The van der Waals surface area contributed by atoms with Crippen LogP contribution in [-0.4, -0.2) is 58.5 Å². The van der Waals surface area contributed by atoms with Crippen molar-refractivity contribution in [1.82, 2.24) is 0 Å². The molecule has 0 unspecified atom stereocenters. The highest BCUT2D eigenvalue weighted by molar-refractivity contribution is 6.34. The molecule has 5 rings (SSSR count). The highest BCUT2D eigenvalue weighted by Gasteiger charge is 2.76. The molecule has 2 bridgehead atoms. The van der Waals surface area contributed by atoms with E-state index in [9.17, 15) is 24.9 Å². The second-order valence-electron chi connectivity index (χ2n) is 11.6. The molecule has 8 heteroatoms. The van der Waals surface area contributed by atoms with E-state index < -0.39 is 41.7 Å². The highest BCUT2D eigenvalue weighted by atomic mass is 35.5. The van der Waals surface area contributed by atoms with Gasteiger partial charge >= 0.3 is 5.97 Å². The lowest BCUT2D eigenvalue weighted by Gasteiger charge is -2.48. The summed E-state index contributed by atoms with van der Waals surface area (Å²) in [5.74, 6) is -1.54. The fourth-order valence-electron chi connectivity index (χ4n) is 7.70. The summed E-state index contributed by atoms with van der Waals surface area (Å²) >= 11 is 6.33. The van der Waals surface area contributed by atoms with Gasteiger partial charge in [-0.3, -0.25) is 4.79 Å². The van der Waals surface area contributed by atoms with Gasteiger partial charge < -0.3 is 25.4 Å². The summed E-state index contributed by atoms with van der Waals surface area (Å²) in [7, 11) is 1.65. The number of hydrogen-bond acceptors (Lipinski definition) is 7. The largest absolute Gasteiger partial charge is 0.451 e. The molecule has 36 heavy (non-hydrogen) atoms. The first kappa shape index (κ1) is 25.5. The number of hydrogen-bond donors (Lipinski definition) is 4. The minimum Gasteiger partial charge on any atom is -0.451 e. The van der Waals surface area contributed by atoms with Gasteiger partial charge in [0.1, 0.15) is 11.7 Å². The van der Waals surface area contributed by atoms with Crippen LogP contribution in [0, 0.1) is 34.5 Å². The predicted molar refractivity (Wildman–Crippen MR) is 136 cm³/mol. The molecule has 4 N–H and O–H groups in total. The molecular weight excluding hydrogens is 482 g/mol. The van der Waals surface area contributed by atoms with Crippen LogP contribution in [0.3, 0.4) is 0 Å². The number of carbonyl (C=O) groups excluding carboxylic acids is 2. The van der Waals surface area contributed by atoms with Gasteiger partial charge in [-0.1, -0.05) is 50.6 Å². The van der Waals surface area contributed by atoms with Crippen LogP contribution < -0.4 is 5.32 Å². The number of fused-ring (bicyclic) bond motifs is 3. The first-order chi connectivity index (χ1) is 16.9. The van der Waals surface area contributed by atoms with Crippen molar-refractivity contribution in [3.05, 3.63) is 52.1 Å². The van der Waals surface area contributed by atoms with Gasteiger partial charge in [0.05, 0.1) is 17.0 Å². The minimum absolute atomic E-state index is 0.0551. The van der Waals surface area contributed by atoms with Crippen molar-refractivity contribution >= 4 is 29.0 Å². The maximum atomic E-state index is 14.4. The van der Waals surface area contributed by atoms with Crippen LogP contribution in [0.5, 0.6) is 0 Å². The standard InChI is InChI=1S/C28H34ClNO6/c1-13-11-27-14(2)9-17-21(26(17,3)4)16(23(27)33)10-15(12-31)22(32)28(27,35)24(13)36-25(34)20-18(29)7-6-8-19(20)30-5/h6-8,10-11,14,16-17,21-22,24,30-32,35H,9,12H2,1-5H3/t14-,16+,17-,21+,22-,24+,27+,28+/m1/s1. The third-order valence-electron chi connectivity index (χ3n) is 9.61. The number of carbonyl (C=O) groups is 2. The second-order valence-corrected chi connectivity index (χ2v) is 12.0. The van der Waals surface area contributed by atoms with E-state index in [4.69, 9.17) is 16.3 Å². The molecule has 1 spiro atoms. The van der Waals surface area contributed by atoms with Crippen molar-refractivity contribution in [2.45, 2.75) is 51.9 Å². The molecule has 4 aliphatic rings. The number of aliphatic hydroxyl groups is 3. The summed E-state index contributed by atoms with van der Waals surface area (Å²) in [6.07, 6.45) is 1.13. The van der Waals surface area contributed by atoms with Crippen LogP contribution in [-0.2, 0) is 9.53 Å². The van der Waals surface area contributed by atoms with Crippen LogP contribution in [0.2, 0.25) is 5.02 Å². The smallest absolute Gasteiger partial charge is 0.342 e. The predicted octanol–water partition coefficient (Wildman–Crippen LogP) is 3.38. The summed E-state index contributed by atoms with van der Waals surface area (Å²) in [6.45, 7) is 7.38. The van der Waals surface area contributed by atoms with Gasteiger partial charge in [-0.2, -0.15) is 0 Å². The molecule has 0 radical (unpaired) electrons. The molecule has 2 fully saturated rings. The molecule has 8 atom stereocenters. The Morgan fingerprint density at radius 3 is 2.64 bits per heavy atom. The van der Waals surface area contributed by atoms with E-state index in [2.05, 4.69) is 19.2 Å². The number of ether oxygens (including phenoxy) is 1. The number of ketones is 1. The lowest BCUT2D eigenvalue weighted by molar-refractivity contribution is -0.190. The van der Waals surface area contributed by atoms with Crippen molar-refractivity contribution < 1.29 is 29.6 Å². The van der Waals surface area contributed by atoms with E-state index in [-0.39, 0.29) is 45.1 Å². The average Bonchev–Trinajstić information content (AvgIpc) is 3.32. The van der Waals surface area contributed by atoms with Crippen LogP contribution in [0.25, 0.3) is 0 Å². The van der Waals surface area contributed by atoms with Crippen LogP contribution in [0.15, 0.2) is 41.5 Å². The van der Waals surface area contributed by atoms with Gasteiger partial charge in [0.2, 0.25) is 0 Å². The Morgan fingerprint density at radius 2 is 2.00 bits per heavy atom. The van der Waals surface area contributed by atoms with E-state index in [0.717, 1.165) is 0 Å². The number of benzene rings is 1. The monoisotopic (exact) mass is 515 g/mol. The van der Waals surface area contributed by atoms with Gasteiger partial charge in [0.25, 0.3) is 0 Å². The summed E-state index contributed by atoms with van der Waals surface area (Å²) in [5.41, 5.74) is -2.52. The lowest BCUT2D eigenvalue weighted by atomic mass is 9.59. The summed E-state index contributed by atoms with van der Waals surface area (Å²) in [5, 5.41) is 37.4. The Morgan fingerprint density at radius 1 is 1.31 bits per heavy atom. The lowest BCUT2D eigenvalue weighted by Crippen LogP contribution is -2.65. The number of aliphatic hydroxyl groups excluding tert-OH is 2. The highest BCUT2D eigenvalue weighted by Crippen LogP contribution is 2.71.